The fraction of sp³-hybridized carbons (Fsp3) is 0.294. The van der Waals surface area contributed by atoms with Crippen LogP contribution in [0.2, 0.25) is 0 Å². The van der Waals surface area contributed by atoms with Gasteiger partial charge < -0.3 is 9.47 Å². The van der Waals surface area contributed by atoms with Crippen LogP contribution >= 0.6 is 23.1 Å². The molecule has 0 aliphatic carbocycles. The Morgan fingerprint density at radius 2 is 2.08 bits per heavy atom. The van der Waals surface area contributed by atoms with Crippen molar-refractivity contribution in [2.45, 2.75) is 25.2 Å². The van der Waals surface area contributed by atoms with Gasteiger partial charge in [-0.1, -0.05) is 17.8 Å². The molecule has 0 bridgehead atoms. The molecule has 3 aromatic heterocycles. The van der Waals surface area contributed by atoms with E-state index in [4.69, 9.17) is 0 Å². The number of nitrogens with zero attached hydrogens (tertiary/aromatic N) is 5. The quantitative estimate of drug-likeness (QED) is 0.595. The van der Waals surface area contributed by atoms with Gasteiger partial charge in [0, 0.05) is 36.4 Å². The summed E-state index contributed by atoms with van der Waals surface area (Å²) >= 11 is 3.08. The number of pyridine rings is 1. The minimum Gasteiger partial charge on any atom is -0.340 e. The Balaban J connectivity index is 1.65. The van der Waals surface area contributed by atoms with E-state index in [1.165, 1.54) is 16.6 Å². The molecule has 0 spiro atoms. The third-order valence-corrected chi connectivity index (χ3v) is 5.51. The highest BCUT2D eigenvalue weighted by Gasteiger charge is 2.16. The van der Waals surface area contributed by atoms with Crippen LogP contribution in [-0.2, 0) is 17.9 Å². The first-order valence-corrected chi connectivity index (χ1v) is 9.78. The summed E-state index contributed by atoms with van der Waals surface area (Å²) in [6.07, 6.45) is 3.47. The number of hydrogen-bond acceptors (Lipinski definition) is 6. The molecule has 8 heteroatoms. The summed E-state index contributed by atoms with van der Waals surface area (Å²) in [5, 5.41) is 11.3. The van der Waals surface area contributed by atoms with E-state index in [9.17, 15) is 4.79 Å². The predicted octanol–water partition coefficient (Wildman–Crippen LogP) is 3.17. The molecular weight excluding hydrogens is 354 g/mol. The normalized spacial score (nSPS) is 10.8. The van der Waals surface area contributed by atoms with Crippen molar-refractivity contribution in [2.75, 3.05) is 12.8 Å². The minimum atomic E-state index is 0.0783. The summed E-state index contributed by atoms with van der Waals surface area (Å²) in [7, 11) is 1.83. The van der Waals surface area contributed by atoms with Crippen molar-refractivity contribution in [1.82, 2.24) is 24.6 Å². The maximum absolute atomic E-state index is 12.4. The van der Waals surface area contributed by atoms with Gasteiger partial charge in [0.2, 0.25) is 5.91 Å². The average Bonchev–Trinajstić information content (AvgIpc) is 3.29. The highest BCUT2D eigenvalue weighted by Crippen LogP contribution is 2.24. The van der Waals surface area contributed by atoms with Gasteiger partial charge in [-0.3, -0.25) is 9.78 Å². The molecule has 0 unspecified atom stereocenters. The first-order chi connectivity index (χ1) is 12.2. The molecule has 3 heterocycles. The molecule has 0 aromatic carbocycles. The van der Waals surface area contributed by atoms with E-state index in [1.807, 2.05) is 48.2 Å². The minimum absolute atomic E-state index is 0.0783. The Bertz CT molecular complexity index is 817. The molecule has 0 saturated heterocycles. The summed E-state index contributed by atoms with van der Waals surface area (Å²) in [6.45, 7) is 3.43. The van der Waals surface area contributed by atoms with Crippen LogP contribution < -0.4 is 0 Å². The van der Waals surface area contributed by atoms with Gasteiger partial charge in [0.05, 0.1) is 12.3 Å². The molecule has 0 aliphatic rings. The van der Waals surface area contributed by atoms with E-state index in [0.29, 0.717) is 12.3 Å². The number of thioether (sulfide) groups is 1. The number of rotatable bonds is 7. The number of carbonyl (C=O) groups excluding carboxylic acids is 1. The monoisotopic (exact) mass is 373 g/mol. The van der Waals surface area contributed by atoms with Crippen LogP contribution in [0.1, 0.15) is 11.8 Å². The Morgan fingerprint density at radius 1 is 1.28 bits per heavy atom. The fourth-order valence-corrected chi connectivity index (χ4v) is 4.06. The fourth-order valence-electron chi connectivity index (χ4n) is 2.36. The lowest BCUT2D eigenvalue weighted by atomic mass is 10.2. The number of thiophene rings is 1. The lowest BCUT2D eigenvalue weighted by Gasteiger charge is -2.16. The number of aromatic nitrogens is 4. The summed E-state index contributed by atoms with van der Waals surface area (Å²) in [4.78, 5) is 19.3. The summed E-state index contributed by atoms with van der Waals surface area (Å²) in [5.41, 5.74) is 0.970. The van der Waals surface area contributed by atoms with Crippen LogP contribution in [0.25, 0.3) is 11.4 Å². The third kappa shape index (κ3) is 4.26. The number of amides is 1. The first kappa shape index (κ1) is 17.6. The van der Waals surface area contributed by atoms with Crippen molar-refractivity contribution in [3.63, 3.8) is 0 Å². The molecule has 3 aromatic rings. The molecule has 130 valence electrons. The van der Waals surface area contributed by atoms with Crippen LogP contribution in [0.5, 0.6) is 0 Å². The zero-order chi connectivity index (χ0) is 17.6. The lowest BCUT2D eigenvalue weighted by molar-refractivity contribution is -0.127. The van der Waals surface area contributed by atoms with Gasteiger partial charge in [-0.2, -0.15) is 0 Å². The van der Waals surface area contributed by atoms with Crippen molar-refractivity contribution >= 4 is 29.0 Å². The molecule has 0 radical (unpaired) electrons. The maximum Gasteiger partial charge on any atom is 0.233 e. The van der Waals surface area contributed by atoms with Crippen LogP contribution in [0.15, 0.2) is 47.2 Å². The second-order valence-corrected chi connectivity index (χ2v) is 7.38. The van der Waals surface area contributed by atoms with Gasteiger partial charge in [0.1, 0.15) is 0 Å². The van der Waals surface area contributed by atoms with Gasteiger partial charge in [0.25, 0.3) is 0 Å². The largest absolute Gasteiger partial charge is 0.340 e. The highest BCUT2D eigenvalue weighted by atomic mass is 32.2. The van der Waals surface area contributed by atoms with E-state index in [2.05, 4.69) is 15.2 Å². The molecule has 1 amide bonds. The first-order valence-electron chi connectivity index (χ1n) is 7.91. The van der Waals surface area contributed by atoms with Gasteiger partial charge in [0.15, 0.2) is 11.0 Å². The molecule has 0 N–H and O–H groups in total. The zero-order valence-electron chi connectivity index (χ0n) is 14.1. The Morgan fingerprint density at radius 3 is 2.76 bits per heavy atom. The molecule has 6 nitrogen and oxygen atoms in total. The summed E-state index contributed by atoms with van der Waals surface area (Å²) in [5.74, 6) is 1.22. The van der Waals surface area contributed by atoms with Crippen LogP contribution in [0, 0.1) is 0 Å². The predicted molar refractivity (Wildman–Crippen MR) is 100 cm³/mol. The van der Waals surface area contributed by atoms with Crippen LogP contribution in [0.3, 0.4) is 0 Å². The summed E-state index contributed by atoms with van der Waals surface area (Å²) in [6, 6.07) is 7.85. The van der Waals surface area contributed by atoms with Gasteiger partial charge >= 0.3 is 0 Å². The highest BCUT2D eigenvalue weighted by molar-refractivity contribution is 7.99. The van der Waals surface area contributed by atoms with Crippen LogP contribution in [-0.4, -0.2) is 43.4 Å². The SMILES string of the molecule is CCn1c(SCC(=O)N(C)Cc2cccs2)nnc1-c1ccncc1. The molecular formula is C17H19N5OS2. The van der Waals surface area contributed by atoms with Crippen molar-refractivity contribution in [1.29, 1.82) is 0 Å². The average molecular weight is 374 g/mol. The second kappa shape index (κ2) is 8.26. The van der Waals surface area contributed by atoms with E-state index in [-0.39, 0.29) is 5.91 Å². The van der Waals surface area contributed by atoms with Crippen LogP contribution in [0.4, 0.5) is 0 Å². The smallest absolute Gasteiger partial charge is 0.233 e. The van der Waals surface area contributed by atoms with E-state index < -0.39 is 0 Å². The van der Waals surface area contributed by atoms with Gasteiger partial charge in [-0.05, 0) is 30.5 Å². The molecule has 25 heavy (non-hydrogen) atoms. The third-order valence-electron chi connectivity index (χ3n) is 3.70. The van der Waals surface area contributed by atoms with E-state index in [1.54, 1.807) is 28.6 Å². The van der Waals surface area contributed by atoms with Gasteiger partial charge in [-0.15, -0.1) is 21.5 Å². The standard InChI is InChI=1S/C17H19N5OS2/c1-3-22-16(13-6-8-18-9-7-13)19-20-17(22)25-12-15(23)21(2)11-14-5-4-10-24-14/h4-10H,3,11-12H2,1-2H3. The lowest BCUT2D eigenvalue weighted by Crippen LogP contribution is -2.27. The van der Waals surface area contributed by atoms with Crippen molar-refractivity contribution in [2.24, 2.45) is 0 Å². The van der Waals surface area contributed by atoms with E-state index >= 15 is 0 Å². The molecule has 3 rings (SSSR count). The van der Waals surface area contributed by atoms with Crippen molar-refractivity contribution in [3.8, 4) is 11.4 Å². The summed E-state index contributed by atoms with van der Waals surface area (Å²) < 4.78 is 2.02. The Hall–Kier alpha value is -2.19. The topological polar surface area (TPSA) is 63.9 Å². The Labute approximate surface area is 154 Å². The van der Waals surface area contributed by atoms with Crippen molar-refractivity contribution in [3.05, 3.63) is 46.9 Å². The zero-order valence-corrected chi connectivity index (χ0v) is 15.8. The molecule has 0 fully saturated rings. The van der Waals surface area contributed by atoms with Gasteiger partial charge in [-0.25, -0.2) is 0 Å². The Kier molecular flexibility index (Phi) is 5.83. The van der Waals surface area contributed by atoms with E-state index in [0.717, 1.165) is 23.1 Å². The van der Waals surface area contributed by atoms with Crippen molar-refractivity contribution < 1.29 is 4.79 Å². The molecule has 0 saturated carbocycles. The number of carbonyl (C=O) groups is 1. The molecule has 0 aliphatic heterocycles. The number of hydrogen-bond donors (Lipinski definition) is 0. The molecule has 0 atom stereocenters. The maximum atomic E-state index is 12.4. The second-order valence-electron chi connectivity index (χ2n) is 5.40.